The van der Waals surface area contributed by atoms with Gasteiger partial charge in [-0.15, -0.1) is 0 Å². The first-order valence-electron chi connectivity index (χ1n) is 26.8. The van der Waals surface area contributed by atoms with Gasteiger partial charge in [-0.2, -0.15) is 5.26 Å². The average Bonchev–Trinajstić information content (AvgIpc) is 4.34. The van der Waals surface area contributed by atoms with E-state index in [0.29, 0.717) is 40.4 Å². The summed E-state index contributed by atoms with van der Waals surface area (Å²) in [6.45, 7) is 12.2. The predicted octanol–water partition coefficient (Wildman–Crippen LogP) is 19.2. The number of halogens is 4. The molecule has 0 unspecified atom stereocenters. The standard InChI is InChI=1S/C70H56F4N4O/c1-7-20-55-53(37-46(6)47-25-14-15-26-47)52-31-16-17-32-56(52)77(55)67-65-64(69(71,72)41-70(65,73)74)63(68(79)48-27-10-8-11-28-48)54(40-75)66(67)78-57-35-33-49(61-42(2)21-18-22-43(61)3)38-59(57)76(51-29-12-9-13-30-51)60-39-50(34-36-58(60)78)62-44(4)23-19-24-45(62)5/h7-25,27-36,38-39,46H,26,37,41H2,1-6H3/b20-7-/t46-/m1/s1. The molecule has 12 rings (SSSR count). The highest BCUT2D eigenvalue weighted by atomic mass is 19.3. The van der Waals surface area contributed by atoms with E-state index in [1.807, 2.05) is 116 Å². The van der Waals surface area contributed by atoms with E-state index in [1.54, 1.807) is 27.7 Å². The zero-order valence-corrected chi connectivity index (χ0v) is 44.8. The lowest BCUT2D eigenvalue weighted by molar-refractivity contribution is -0.0925. The fraction of sp³-hybridized carbons (Fsp3) is 0.171. The van der Waals surface area contributed by atoms with Crippen molar-refractivity contribution >= 4 is 56.9 Å². The van der Waals surface area contributed by atoms with Gasteiger partial charge in [-0.05, 0) is 152 Å². The zero-order valence-electron chi connectivity index (χ0n) is 44.8. The van der Waals surface area contributed by atoms with Crippen molar-refractivity contribution in [1.82, 2.24) is 4.57 Å². The van der Waals surface area contributed by atoms with Crippen LogP contribution in [0.1, 0.15) is 92.8 Å². The molecule has 1 aliphatic heterocycles. The summed E-state index contributed by atoms with van der Waals surface area (Å²) in [5.41, 5.74) is 10.1. The first-order valence-corrected chi connectivity index (χ1v) is 26.8. The molecule has 3 aliphatic rings. The van der Waals surface area contributed by atoms with Crippen molar-refractivity contribution in [3.8, 4) is 34.0 Å². The van der Waals surface area contributed by atoms with Gasteiger partial charge >= 0.3 is 0 Å². The van der Waals surface area contributed by atoms with Gasteiger partial charge in [0, 0.05) is 27.9 Å². The Morgan fingerprint density at radius 2 is 1.22 bits per heavy atom. The number of nitrogens with zero attached hydrogens (tertiary/aromatic N) is 4. The maximum atomic E-state index is 18.1. The maximum Gasteiger partial charge on any atom is 0.281 e. The highest BCUT2D eigenvalue weighted by molar-refractivity contribution is 6.16. The lowest BCUT2D eigenvalue weighted by Crippen LogP contribution is -2.28. The number of nitriles is 1. The second-order valence-corrected chi connectivity index (χ2v) is 21.2. The monoisotopic (exact) mass is 1040 g/mol. The number of hydrogen-bond acceptors (Lipinski definition) is 4. The number of carbonyl (C=O) groups excluding carboxylic acids is 1. The third-order valence-electron chi connectivity index (χ3n) is 16.2. The number of carbonyl (C=O) groups is 1. The van der Waals surface area contributed by atoms with Crippen LogP contribution < -0.4 is 9.80 Å². The van der Waals surface area contributed by atoms with Gasteiger partial charge in [-0.1, -0.05) is 152 Å². The Morgan fingerprint density at radius 3 is 1.77 bits per heavy atom. The van der Waals surface area contributed by atoms with Crippen molar-refractivity contribution < 1.29 is 22.4 Å². The van der Waals surface area contributed by atoms with Gasteiger partial charge in [0.25, 0.3) is 11.8 Å². The van der Waals surface area contributed by atoms with Crippen LogP contribution in [-0.2, 0) is 18.3 Å². The molecule has 9 aromatic rings. The smallest absolute Gasteiger partial charge is 0.281 e. The normalized spacial score (nSPS) is 15.3. The van der Waals surface area contributed by atoms with Crippen molar-refractivity contribution in [2.24, 2.45) is 5.92 Å². The molecular weight excluding hydrogens is 989 g/mol. The Balaban J connectivity index is 1.30. The van der Waals surface area contributed by atoms with Gasteiger partial charge < -0.3 is 14.4 Å². The van der Waals surface area contributed by atoms with Gasteiger partial charge in [-0.25, -0.2) is 17.6 Å². The Kier molecular flexibility index (Phi) is 12.5. The van der Waals surface area contributed by atoms with Crippen LogP contribution in [0.5, 0.6) is 0 Å². The number of alkyl halides is 4. The molecule has 0 spiro atoms. The lowest BCUT2D eigenvalue weighted by Gasteiger charge is -2.42. The molecule has 79 heavy (non-hydrogen) atoms. The summed E-state index contributed by atoms with van der Waals surface area (Å²) in [6, 6.07) is 51.7. The number of allylic oxidation sites excluding steroid dienone is 5. The number of aromatic nitrogens is 1. The average molecular weight is 1050 g/mol. The van der Waals surface area contributed by atoms with Crippen molar-refractivity contribution in [2.45, 2.75) is 72.6 Å². The van der Waals surface area contributed by atoms with E-state index in [9.17, 15) is 5.26 Å². The molecular formula is C70H56F4N4O. The number of ketones is 1. The van der Waals surface area contributed by atoms with Crippen LogP contribution in [0.4, 0.5) is 51.7 Å². The summed E-state index contributed by atoms with van der Waals surface area (Å²) in [5.74, 6) is -9.41. The summed E-state index contributed by atoms with van der Waals surface area (Å²) in [5, 5.41) is 12.8. The first kappa shape index (κ1) is 50.8. The topological polar surface area (TPSA) is 52.3 Å². The molecule has 2 heterocycles. The minimum atomic E-state index is -4.25. The van der Waals surface area contributed by atoms with E-state index < -0.39 is 46.3 Å². The Labute approximate surface area is 458 Å². The number of rotatable bonds is 11. The van der Waals surface area contributed by atoms with Crippen LogP contribution in [0.3, 0.4) is 0 Å². The van der Waals surface area contributed by atoms with E-state index in [2.05, 4.69) is 94.1 Å². The van der Waals surface area contributed by atoms with Crippen molar-refractivity contribution in [2.75, 3.05) is 9.80 Å². The molecule has 390 valence electrons. The first-order chi connectivity index (χ1) is 38.1. The van der Waals surface area contributed by atoms with E-state index in [1.165, 1.54) is 17.7 Å². The van der Waals surface area contributed by atoms with Gasteiger partial charge in [0.05, 0.1) is 62.8 Å². The summed E-state index contributed by atoms with van der Waals surface area (Å²) >= 11 is 0. The van der Waals surface area contributed by atoms with E-state index >= 15 is 22.4 Å². The number of fused-ring (bicyclic) bond motifs is 4. The lowest BCUT2D eigenvalue weighted by atomic mass is 9.86. The SMILES string of the molecule is C/C=C\c1c(C[C@@H](C)C2=CC=CC2)c2ccccc2n1-c1c(N2c3ccc(-c4c(C)cccc4C)cc3N(c3ccccc3)c3cc(-c4c(C)cccc4C)ccc32)c(C#N)c(C(=O)c2ccccc2)c2c1C(F)(F)CC2(F)F. The van der Waals surface area contributed by atoms with E-state index in [0.717, 1.165) is 67.6 Å². The number of anilines is 6. The third kappa shape index (κ3) is 8.23. The van der Waals surface area contributed by atoms with Crippen molar-refractivity contribution in [3.05, 3.63) is 249 Å². The number of aryl methyl sites for hydroxylation is 4. The summed E-state index contributed by atoms with van der Waals surface area (Å²) in [7, 11) is 0. The number of hydrogen-bond donors (Lipinski definition) is 0. The summed E-state index contributed by atoms with van der Waals surface area (Å²) in [4.78, 5) is 19.4. The Hall–Kier alpha value is -9.00. The molecule has 0 saturated heterocycles. The Morgan fingerprint density at radius 1 is 0.658 bits per heavy atom. The van der Waals surface area contributed by atoms with Gasteiger partial charge in [0.1, 0.15) is 6.07 Å². The Bertz CT molecular complexity index is 3980. The quantitative estimate of drug-likeness (QED) is 0.0957. The van der Waals surface area contributed by atoms with E-state index in [-0.39, 0.29) is 22.9 Å². The molecule has 9 heteroatoms. The molecule has 1 aromatic heterocycles. The third-order valence-corrected chi connectivity index (χ3v) is 16.2. The summed E-state index contributed by atoms with van der Waals surface area (Å²) in [6.07, 6.45) is 9.28. The fourth-order valence-corrected chi connectivity index (χ4v) is 12.8. The van der Waals surface area contributed by atoms with Crippen LogP contribution in [0.15, 0.2) is 188 Å². The predicted molar refractivity (Wildman–Crippen MR) is 312 cm³/mol. The van der Waals surface area contributed by atoms with Crippen molar-refractivity contribution in [3.63, 3.8) is 0 Å². The molecule has 0 saturated carbocycles. The van der Waals surface area contributed by atoms with Crippen LogP contribution in [0.2, 0.25) is 0 Å². The zero-order chi connectivity index (χ0) is 55.1. The molecule has 0 bridgehead atoms. The number of benzene rings is 8. The van der Waals surface area contributed by atoms with Crippen LogP contribution in [0, 0.1) is 44.9 Å². The summed E-state index contributed by atoms with van der Waals surface area (Å²) < 4.78 is 73.0. The molecule has 0 radical (unpaired) electrons. The van der Waals surface area contributed by atoms with Gasteiger partial charge in [-0.3, -0.25) is 4.79 Å². The molecule has 1 atom stereocenters. The molecule has 2 aliphatic carbocycles. The minimum Gasteiger partial charge on any atom is -0.307 e. The van der Waals surface area contributed by atoms with Gasteiger partial charge in [0.15, 0.2) is 5.78 Å². The number of para-hydroxylation sites is 2. The van der Waals surface area contributed by atoms with Crippen LogP contribution >= 0.6 is 0 Å². The second kappa shape index (κ2) is 19.5. The molecule has 8 aromatic carbocycles. The fourth-order valence-electron chi connectivity index (χ4n) is 12.8. The van der Waals surface area contributed by atoms with Crippen molar-refractivity contribution in [1.29, 1.82) is 5.26 Å². The van der Waals surface area contributed by atoms with Crippen LogP contribution in [-0.4, -0.2) is 10.4 Å². The molecule has 0 amide bonds. The molecule has 0 fully saturated rings. The highest BCUT2D eigenvalue weighted by Gasteiger charge is 2.61. The van der Waals surface area contributed by atoms with Gasteiger partial charge in [0.2, 0.25) is 0 Å². The maximum absolute atomic E-state index is 18.1. The highest BCUT2D eigenvalue weighted by Crippen LogP contribution is 2.64. The van der Waals surface area contributed by atoms with Crippen LogP contribution in [0.25, 0.3) is 44.9 Å². The second-order valence-electron chi connectivity index (χ2n) is 21.2. The largest absolute Gasteiger partial charge is 0.307 e. The minimum absolute atomic E-state index is 0.0109. The molecule has 0 N–H and O–H groups in total. The van der Waals surface area contributed by atoms with E-state index in [4.69, 9.17) is 0 Å². The molecule has 5 nitrogen and oxygen atoms in total.